The summed E-state index contributed by atoms with van der Waals surface area (Å²) in [6.07, 6.45) is 5.33. The average molecular weight is 251 g/mol. The molecule has 0 saturated carbocycles. The van der Waals surface area contributed by atoms with Gasteiger partial charge in [0, 0.05) is 10.9 Å². The van der Waals surface area contributed by atoms with Gasteiger partial charge in [-0.05, 0) is 49.7 Å². The van der Waals surface area contributed by atoms with E-state index in [4.69, 9.17) is 4.74 Å². The van der Waals surface area contributed by atoms with E-state index in [0.717, 1.165) is 13.2 Å². The summed E-state index contributed by atoms with van der Waals surface area (Å²) in [4.78, 5) is 1.57. The molecule has 0 radical (unpaired) electrons. The molecule has 1 N–H and O–H groups in total. The second-order valence-corrected chi connectivity index (χ2v) is 6.47. The third kappa shape index (κ3) is 2.16. The molecule has 2 nitrogen and oxygen atoms in total. The minimum Gasteiger partial charge on any atom is -0.379 e. The fourth-order valence-electron chi connectivity index (χ4n) is 3.18. The second kappa shape index (κ2) is 4.71. The summed E-state index contributed by atoms with van der Waals surface area (Å²) in [5.74, 6) is 0. The van der Waals surface area contributed by atoms with Gasteiger partial charge in [0.2, 0.25) is 0 Å². The zero-order chi connectivity index (χ0) is 11.7. The van der Waals surface area contributed by atoms with Crippen LogP contribution in [0.15, 0.2) is 11.4 Å². The van der Waals surface area contributed by atoms with E-state index in [2.05, 4.69) is 23.7 Å². The van der Waals surface area contributed by atoms with Gasteiger partial charge in [0.1, 0.15) is 0 Å². The highest BCUT2D eigenvalue weighted by molar-refractivity contribution is 7.10. The van der Waals surface area contributed by atoms with Crippen molar-refractivity contribution in [2.24, 2.45) is 0 Å². The van der Waals surface area contributed by atoms with Gasteiger partial charge in [0.25, 0.3) is 0 Å². The summed E-state index contributed by atoms with van der Waals surface area (Å²) in [5.41, 5.74) is 1.78. The largest absolute Gasteiger partial charge is 0.379 e. The number of aryl methyl sites for hydroxylation is 1. The van der Waals surface area contributed by atoms with E-state index in [1.807, 2.05) is 11.3 Å². The molecule has 3 heteroatoms. The quantitative estimate of drug-likeness (QED) is 0.892. The highest BCUT2D eigenvalue weighted by atomic mass is 32.1. The zero-order valence-corrected chi connectivity index (χ0v) is 11.3. The van der Waals surface area contributed by atoms with E-state index >= 15 is 0 Å². The summed E-state index contributed by atoms with van der Waals surface area (Å²) in [7, 11) is 0. The molecule has 0 amide bonds. The van der Waals surface area contributed by atoms with Gasteiger partial charge in [0.05, 0.1) is 18.6 Å². The van der Waals surface area contributed by atoms with E-state index in [0.29, 0.717) is 11.5 Å². The Morgan fingerprint density at radius 2 is 2.35 bits per heavy atom. The van der Waals surface area contributed by atoms with Crippen molar-refractivity contribution in [1.82, 2.24) is 5.32 Å². The summed E-state index contributed by atoms with van der Waals surface area (Å²) in [6.45, 7) is 5.28. The molecule has 2 aliphatic heterocycles. The molecule has 2 fully saturated rings. The SMILES string of the molecule is Cc1ccsc1C1(CC2CCCCN2)COC1. The Morgan fingerprint density at radius 1 is 1.47 bits per heavy atom. The Bertz CT molecular complexity index is 377. The first kappa shape index (κ1) is 11.7. The molecule has 0 aromatic carbocycles. The first-order valence-corrected chi connectivity index (χ1v) is 7.54. The van der Waals surface area contributed by atoms with Crippen LogP contribution >= 0.6 is 11.3 Å². The third-order valence-corrected chi connectivity index (χ3v) is 5.41. The highest BCUT2D eigenvalue weighted by Gasteiger charge is 2.43. The van der Waals surface area contributed by atoms with Crippen molar-refractivity contribution in [3.8, 4) is 0 Å². The van der Waals surface area contributed by atoms with Crippen molar-refractivity contribution in [2.45, 2.75) is 44.1 Å². The van der Waals surface area contributed by atoms with E-state index in [9.17, 15) is 0 Å². The Labute approximate surface area is 107 Å². The van der Waals surface area contributed by atoms with Crippen LogP contribution in [0.5, 0.6) is 0 Å². The number of nitrogens with one attached hydrogen (secondary N) is 1. The van der Waals surface area contributed by atoms with Crippen LogP contribution in [0.1, 0.15) is 36.1 Å². The number of ether oxygens (including phenoxy) is 1. The standard InChI is InChI=1S/C14H21NOS/c1-11-5-7-17-13(11)14(9-16-10-14)8-12-4-2-3-6-15-12/h5,7,12,15H,2-4,6,8-10H2,1H3. The topological polar surface area (TPSA) is 21.3 Å². The predicted octanol–water partition coefficient (Wildman–Crippen LogP) is 2.86. The maximum Gasteiger partial charge on any atom is 0.0594 e. The number of thiophene rings is 1. The zero-order valence-electron chi connectivity index (χ0n) is 10.5. The molecule has 2 saturated heterocycles. The fourth-order valence-corrected chi connectivity index (χ4v) is 4.29. The van der Waals surface area contributed by atoms with Crippen molar-refractivity contribution in [3.05, 3.63) is 21.9 Å². The van der Waals surface area contributed by atoms with Crippen molar-refractivity contribution in [2.75, 3.05) is 19.8 Å². The number of hydrogen-bond donors (Lipinski definition) is 1. The van der Waals surface area contributed by atoms with Gasteiger partial charge < -0.3 is 10.1 Å². The molecule has 0 bridgehead atoms. The lowest BCUT2D eigenvalue weighted by Gasteiger charge is -2.44. The van der Waals surface area contributed by atoms with Crippen LogP contribution in [0.4, 0.5) is 0 Å². The molecule has 94 valence electrons. The lowest BCUT2D eigenvalue weighted by Crippen LogP contribution is -2.51. The Morgan fingerprint density at radius 3 is 2.88 bits per heavy atom. The summed E-state index contributed by atoms with van der Waals surface area (Å²) in [5, 5.41) is 5.89. The first-order chi connectivity index (χ1) is 8.30. The Kier molecular flexibility index (Phi) is 3.24. The molecule has 2 aliphatic rings. The molecule has 1 atom stereocenters. The van der Waals surface area contributed by atoms with Crippen LogP contribution in [0.3, 0.4) is 0 Å². The normalized spacial score (nSPS) is 27.7. The van der Waals surface area contributed by atoms with Crippen molar-refractivity contribution < 1.29 is 4.74 Å². The summed E-state index contributed by atoms with van der Waals surface area (Å²) < 4.78 is 5.54. The number of rotatable bonds is 3. The lowest BCUT2D eigenvalue weighted by molar-refractivity contribution is -0.0680. The van der Waals surface area contributed by atoms with Crippen molar-refractivity contribution in [1.29, 1.82) is 0 Å². The van der Waals surface area contributed by atoms with Crippen LogP contribution in [0.25, 0.3) is 0 Å². The van der Waals surface area contributed by atoms with Gasteiger partial charge in [-0.2, -0.15) is 0 Å². The molecular weight excluding hydrogens is 230 g/mol. The summed E-state index contributed by atoms with van der Waals surface area (Å²) in [6, 6.07) is 2.95. The minimum atomic E-state index is 0.327. The molecule has 0 spiro atoms. The van der Waals surface area contributed by atoms with E-state index in [1.165, 1.54) is 37.8 Å². The van der Waals surface area contributed by atoms with E-state index in [-0.39, 0.29) is 0 Å². The predicted molar refractivity (Wildman–Crippen MR) is 71.8 cm³/mol. The van der Waals surface area contributed by atoms with Crippen LogP contribution in [0.2, 0.25) is 0 Å². The van der Waals surface area contributed by atoms with Gasteiger partial charge in [-0.15, -0.1) is 11.3 Å². The third-order valence-electron chi connectivity index (χ3n) is 4.15. The van der Waals surface area contributed by atoms with Crippen LogP contribution in [-0.2, 0) is 10.2 Å². The molecular formula is C14H21NOS. The van der Waals surface area contributed by atoms with Gasteiger partial charge in [0.15, 0.2) is 0 Å². The number of piperidine rings is 1. The minimum absolute atomic E-state index is 0.327. The monoisotopic (exact) mass is 251 g/mol. The molecule has 3 heterocycles. The van der Waals surface area contributed by atoms with Crippen molar-refractivity contribution >= 4 is 11.3 Å². The smallest absolute Gasteiger partial charge is 0.0594 e. The molecule has 1 aromatic heterocycles. The lowest BCUT2D eigenvalue weighted by atomic mass is 9.76. The van der Waals surface area contributed by atoms with Crippen LogP contribution < -0.4 is 5.32 Å². The second-order valence-electron chi connectivity index (χ2n) is 5.56. The number of hydrogen-bond acceptors (Lipinski definition) is 3. The molecule has 1 aromatic rings. The molecule has 1 unspecified atom stereocenters. The molecule has 3 rings (SSSR count). The maximum absolute atomic E-state index is 5.54. The molecule has 17 heavy (non-hydrogen) atoms. The summed E-state index contributed by atoms with van der Waals surface area (Å²) >= 11 is 1.91. The molecule has 0 aliphatic carbocycles. The van der Waals surface area contributed by atoms with Gasteiger partial charge >= 0.3 is 0 Å². The Hall–Kier alpha value is -0.380. The maximum atomic E-state index is 5.54. The van der Waals surface area contributed by atoms with Gasteiger partial charge in [-0.1, -0.05) is 6.42 Å². The van der Waals surface area contributed by atoms with E-state index < -0.39 is 0 Å². The first-order valence-electron chi connectivity index (χ1n) is 6.66. The van der Waals surface area contributed by atoms with Crippen LogP contribution in [-0.4, -0.2) is 25.8 Å². The Balaban J connectivity index is 1.75. The van der Waals surface area contributed by atoms with E-state index in [1.54, 1.807) is 4.88 Å². The average Bonchev–Trinajstić information content (AvgIpc) is 2.72. The van der Waals surface area contributed by atoms with Crippen LogP contribution in [0, 0.1) is 6.92 Å². The van der Waals surface area contributed by atoms with Crippen molar-refractivity contribution in [3.63, 3.8) is 0 Å². The van der Waals surface area contributed by atoms with Gasteiger partial charge in [-0.25, -0.2) is 0 Å². The van der Waals surface area contributed by atoms with Gasteiger partial charge in [-0.3, -0.25) is 0 Å². The highest BCUT2D eigenvalue weighted by Crippen LogP contribution is 2.42. The fraction of sp³-hybridized carbons (Fsp3) is 0.714.